The van der Waals surface area contributed by atoms with Crippen LogP contribution in [0, 0.1) is 11.3 Å². The first-order valence-electron chi connectivity index (χ1n) is 5.97. The highest BCUT2D eigenvalue weighted by atomic mass is 16.4. The SMILES string of the molecule is CC(C)(Cn1nnnc1CC1CCC1)C(=O)O. The van der Waals surface area contributed by atoms with E-state index in [9.17, 15) is 4.79 Å². The molecule has 0 unspecified atom stereocenters. The van der Waals surface area contributed by atoms with Crippen LogP contribution in [0.25, 0.3) is 0 Å². The number of carbonyl (C=O) groups is 1. The first-order chi connectivity index (χ1) is 7.99. The van der Waals surface area contributed by atoms with Crippen molar-refractivity contribution in [1.29, 1.82) is 0 Å². The quantitative estimate of drug-likeness (QED) is 0.831. The maximum Gasteiger partial charge on any atom is 0.310 e. The number of nitrogens with zero attached hydrogens (tertiary/aromatic N) is 4. The molecule has 0 bridgehead atoms. The van der Waals surface area contributed by atoms with Crippen LogP contribution in [0.1, 0.15) is 38.9 Å². The summed E-state index contributed by atoms with van der Waals surface area (Å²) in [5.41, 5.74) is -0.844. The van der Waals surface area contributed by atoms with Gasteiger partial charge in [0, 0.05) is 6.42 Å². The zero-order valence-electron chi connectivity index (χ0n) is 10.3. The van der Waals surface area contributed by atoms with Crippen LogP contribution in [-0.2, 0) is 17.8 Å². The molecule has 0 aliphatic heterocycles. The molecule has 2 rings (SSSR count). The molecular formula is C11H18N4O2. The number of tetrazole rings is 1. The molecule has 1 aromatic rings. The van der Waals surface area contributed by atoms with E-state index < -0.39 is 11.4 Å². The molecule has 0 radical (unpaired) electrons. The number of hydrogen-bond donors (Lipinski definition) is 1. The van der Waals surface area contributed by atoms with Gasteiger partial charge in [-0.3, -0.25) is 4.79 Å². The van der Waals surface area contributed by atoms with Gasteiger partial charge in [0.1, 0.15) is 0 Å². The first-order valence-corrected chi connectivity index (χ1v) is 5.97. The van der Waals surface area contributed by atoms with Gasteiger partial charge in [-0.1, -0.05) is 19.3 Å². The van der Waals surface area contributed by atoms with Crippen LogP contribution in [0.5, 0.6) is 0 Å². The summed E-state index contributed by atoms with van der Waals surface area (Å²) >= 11 is 0. The predicted octanol–water partition coefficient (Wildman–Crippen LogP) is 1.13. The second-order valence-corrected chi connectivity index (χ2v) is 5.44. The maximum absolute atomic E-state index is 11.1. The fourth-order valence-corrected chi connectivity index (χ4v) is 1.89. The normalized spacial score (nSPS) is 16.8. The van der Waals surface area contributed by atoms with Crippen LogP contribution in [0.15, 0.2) is 0 Å². The van der Waals surface area contributed by atoms with Gasteiger partial charge in [-0.2, -0.15) is 0 Å². The number of carboxylic acid groups (broad SMARTS) is 1. The number of aliphatic carboxylic acids is 1. The Bertz CT molecular complexity index is 409. The topological polar surface area (TPSA) is 80.9 Å². The van der Waals surface area contributed by atoms with Crippen LogP contribution < -0.4 is 0 Å². The maximum atomic E-state index is 11.1. The van der Waals surface area contributed by atoms with Gasteiger partial charge in [0.15, 0.2) is 5.82 Å². The van der Waals surface area contributed by atoms with Crippen LogP contribution in [-0.4, -0.2) is 31.3 Å². The summed E-state index contributed by atoms with van der Waals surface area (Å²) in [7, 11) is 0. The molecule has 1 fully saturated rings. The Kier molecular flexibility index (Phi) is 3.13. The van der Waals surface area contributed by atoms with E-state index in [2.05, 4.69) is 15.5 Å². The molecule has 0 aromatic carbocycles. The predicted molar refractivity (Wildman–Crippen MR) is 60.3 cm³/mol. The molecule has 0 saturated heterocycles. The fourth-order valence-electron chi connectivity index (χ4n) is 1.89. The summed E-state index contributed by atoms with van der Waals surface area (Å²) in [5, 5.41) is 20.6. The summed E-state index contributed by atoms with van der Waals surface area (Å²) in [6.07, 6.45) is 4.61. The second kappa shape index (κ2) is 4.43. The van der Waals surface area contributed by atoms with Crippen LogP contribution in [0.2, 0.25) is 0 Å². The average molecular weight is 238 g/mol. The highest BCUT2D eigenvalue weighted by Gasteiger charge is 2.30. The standard InChI is InChI=1S/C11H18N4O2/c1-11(2,10(16)17)7-15-9(12-13-14-15)6-8-4-3-5-8/h8H,3-7H2,1-2H3,(H,16,17). The van der Waals surface area contributed by atoms with E-state index in [4.69, 9.17) is 5.11 Å². The lowest BCUT2D eigenvalue weighted by Crippen LogP contribution is -2.31. The molecule has 94 valence electrons. The highest BCUT2D eigenvalue weighted by Crippen LogP contribution is 2.29. The van der Waals surface area contributed by atoms with Gasteiger partial charge in [-0.25, -0.2) is 4.68 Å². The second-order valence-electron chi connectivity index (χ2n) is 5.44. The summed E-state index contributed by atoms with van der Waals surface area (Å²) in [5.74, 6) is 0.652. The van der Waals surface area contributed by atoms with Gasteiger partial charge >= 0.3 is 5.97 Å². The molecule has 0 amide bonds. The third-order valence-electron chi connectivity index (χ3n) is 3.43. The van der Waals surface area contributed by atoms with Gasteiger partial charge in [-0.15, -0.1) is 5.10 Å². The molecule has 0 spiro atoms. The molecule has 1 aliphatic carbocycles. The molecule has 1 aliphatic rings. The highest BCUT2D eigenvalue weighted by molar-refractivity contribution is 5.73. The summed E-state index contributed by atoms with van der Waals surface area (Å²) in [6.45, 7) is 3.69. The van der Waals surface area contributed by atoms with Gasteiger partial charge in [0.25, 0.3) is 0 Å². The molecule has 1 saturated carbocycles. The van der Waals surface area contributed by atoms with E-state index in [0.29, 0.717) is 12.5 Å². The molecule has 17 heavy (non-hydrogen) atoms. The van der Waals surface area contributed by atoms with Crippen molar-refractivity contribution in [1.82, 2.24) is 20.2 Å². The third-order valence-corrected chi connectivity index (χ3v) is 3.43. The molecule has 6 heteroatoms. The summed E-state index contributed by atoms with van der Waals surface area (Å²) < 4.78 is 1.63. The number of rotatable bonds is 5. The minimum atomic E-state index is -0.844. The van der Waals surface area contributed by atoms with Crippen molar-refractivity contribution in [3.8, 4) is 0 Å². The number of hydrogen-bond acceptors (Lipinski definition) is 4. The lowest BCUT2D eigenvalue weighted by Gasteiger charge is -2.25. The molecule has 1 aromatic heterocycles. The largest absolute Gasteiger partial charge is 0.481 e. The van der Waals surface area contributed by atoms with Crippen molar-refractivity contribution >= 4 is 5.97 Å². The minimum Gasteiger partial charge on any atom is -0.481 e. The Hall–Kier alpha value is -1.46. The zero-order valence-corrected chi connectivity index (χ0v) is 10.3. The number of aromatic nitrogens is 4. The molecule has 1 N–H and O–H groups in total. The Morgan fingerprint density at radius 1 is 1.53 bits per heavy atom. The van der Waals surface area contributed by atoms with E-state index >= 15 is 0 Å². The molecule has 1 heterocycles. The van der Waals surface area contributed by atoms with Crippen LogP contribution >= 0.6 is 0 Å². The summed E-state index contributed by atoms with van der Waals surface area (Å²) in [6, 6.07) is 0. The van der Waals surface area contributed by atoms with Gasteiger partial charge < -0.3 is 5.11 Å². The molecule has 6 nitrogen and oxygen atoms in total. The van der Waals surface area contributed by atoms with Crippen LogP contribution in [0.4, 0.5) is 0 Å². The number of carboxylic acids is 1. The average Bonchev–Trinajstić information content (AvgIpc) is 2.58. The molecule has 0 atom stereocenters. The smallest absolute Gasteiger partial charge is 0.310 e. The van der Waals surface area contributed by atoms with E-state index in [1.807, 2.05) is 0 Å². The molecular weight excluding hydrogens is 220 g/mol. The van der Waals surface area contributed by atoms with E-state index in [0.717, 1.165) is 12.2 Å². The van der Waals surface area contributed by atoms with Crippen molar-refractivity contribution < 1.29 is 9.90 Å². The van der Waals surface area contributed by atoms with Crippen molar-refractivity contribution in [2.45, 2.75) is 46.1 Å². The Labute approximate surface area is 100 Å². The van der Waals surface area contributed by atoms with Crippen molar-refractivity contribution in [2.24, 2.45) is 11.3 Å². The lowest BCUT2D eigenvalue weighted by molar-refractivity contribution is -0.147. The van der Waals surface area contributed by atoms with Crippen molar-refractivity contribution in [3.63, 3.8) is 0 Å². The van der Waals surface area contributed by atoms with Gasteiger partial charge in [0.05, 0.1) is 12.0 Å². The summed E-state index contributed by atoms with van der Waals surface area (Å²) in [4.78, 5) is 11.1. The lowest BCUT2D eigenvalue weighted by atomic mass is 9.83. The van der Waals surface area contributed by atoms with Crippen LogP contribution in [0.3, 0.4) is 0 Å². The fraction of sp³-hybridized carbons (Fsp3) is 0.818. The van der Waals surface area contributed by atoms with E-state index in [1.165, 1.54) is 19.3 Å². The Morgan fingerprint density at radius 2 is 2.24 bits per heavy atom. The van der Waals surface area contributed by atoms with Gasteiger partial charge in [-0.05, 0) is 30.2 Å². The minimum absolute atomic E-state index is 0.317. The van der Waals surface area contributed by atoms with Crippen molar-refractivity contribution in [3.05, 3.63) is 5.82 Å². The Balaban J connectivity index is 2.05. The Morgan fingerprint density at radius 3 is 2.76 bits per heavy atom. The van der Waals surface area contributed by atoms with E-state index in [1.54, 1.807) is 18.5 Å². The van der Waals surface area contributed by atoms with E-state index in [-0.39, 0.29) is 0 Å². The van der Waals surface area contributed by atoms with Gasteiger partial charge in [0.2, 0.25) is 0 Å². The monoisotopic (exact) mass is 238 g/mol. The third kappa shape index (κ3) is 2.62. The zero-order chi connectivity index (χ0) is 12.5. The van der Waals surface area contributed by atoms with Crippen molar-refractivity contribution in [2.75, 3.05) is 0 Å². The first kappa shape index (κ1) is 12.0.